The van der Waals surface area contributed by atoms with Crippen molar-refractivity contribution in [3.63, 3.8) is 0 Å². The smallest absolute Gasteiger partial charge is 0.293 e. The minimum atomic E-state index is -0.488. The monoisotopic (exact) mass is 326 g/mol. The lowest BCUT2D eigenvalue weighted by atomic mass is 10.2. The first-order chi connectivity index (χ1) is 10.0. The second-order valence-electron chi connectivity index (χ2n) is 4.17. The normalized spacial score (nSPS) is 10.2. The van der Waals surface area contributed by atoms with Gasteiger partial charge in [-0.1, -0.05) is 35.3 Å². The predicted octanol–water partition coefficient (Wildman–Crippen LogP) is 4.52. The summed E-state index contributed by atoms with van der Waals surface area (Å²) in [6.07, 6.45) is 0. The molecule has 21 heavy (non-hydrogen) atoms. The fourth-order valence-electron chi connectivity index (χ4n) is 1.92. The second kappa shape index (κ2) is 6.65. The Morgan fingerprint density at radius 2 is 1.86 bits per heavy atom. The largest absolute Gasteiger partial charge is 0.496 e. The molecule has 0 aliphatic carbocycles. The van der Waals surface area contributed by atoms with Crippen molar-refractivity contribution in [1.82, 2.24) is 0 Å². The summed E-state index contributed by atoms with van der Waals surface area (Å²) in [5, 5.41) is 14.8. The first-order valence-corrected chi connectivity index (χ1v) is 6.78. The van der Waals surface area contributed by atoms with Crippen molar-refractivity contribution in [1.29, 1.82) is 0 Å². The van der Waals surface area contributed by atoms with Gasteiger partial charge in [0.25, 0.3) is 5.69 Å². The SMILES string of the molecule is COc1cccc(Cl)c1CNc1c(Cl)cccc1[N+](=O)[O-]. The van der Waals surface area contributed by atoms with Crippen LogP contribution in [0.15, 0.2) is 36.4 Å². The molecule has 1 N–H and O–H groups in total. The Kier molecular flexibility index (Phi) is 4.88. The van der Waals surface area contributed by atoms with Crippen molar-refractivity contribution >= 4 is 34.6 Å². The molecule has 5 nitrogen and oxygen atoms in total. The molecule has 0 saturated heterocycles. The van der Waals surface area contributed by atoms with E-state index in [0.29, 0.717) is 16.3 Å². The van der Waals surface area contributed by atoms with E-state index in [0.717, 1.165) is 0 Å². The van der Waals surface area contributed by atoms with Crippen LogP contribution in [0.1, 0.15) is 5.56 Å². The van der Waals surface area contributed by atoms with Crippen molar-refractivity contribution in [3.05, 3.63) is 62.1 Å². The number of hydrogen-bond acceptors (Lipinski definition) is 4. The third-order valence-electron chi connectivity index (χ3n) is 2.93. The van der Waals surface area contributed by atoms with E-state index in [1.165, 1.54) is 19.2 Å². The van der Waals surface area contributed by atoms with E-state index < -0.39 is 4.92 Å². The van der Waals surface area contributed by atoms with Gasteiger partial charge in [-0.2, -0.15) is 0 Å². The summed E-state index contributed by atoms with van der Waals surface area (Å²) in [7, 11) is 1.53. The predicted molar refractivity (Wildman–Crippen MR) is 83.4 cm³/mol. The molecule has 0 radical (unpaired) electrons. The van der Waals surface area contributed by atoms with E-state index in [4.69, 9.17) is 27.9 Å². The molecule has 0 heterocycles. The van der Waals surface area contributed by atoms with Gasteiger partial charge in [0, 0.05) is 23.2 Å². The van der Waals surface area contributed by atoms with E-state index in [9.17, 15) is 10.1 Å². The number of anilines is 1. The average molecular weight is 327 g/mol. The van der Waals surface area contributed by atoms with Gasteiger partial charge in [0.2, 0.25) is 0 Å². The van der Waals surface area contributed by atoms with Gasteiger partial charge in [-0.05, 0) is 18.2 Å². The molecule has 0 aliphatic rings. The van der Waals surface area contributed by atoms with Crippen LogP contribution in [0.3, 0.4) is 0 Å². The van der Waals surface area contributed by atoms with Crippen LogP contribution < -0.4 is 10.1 Å². The maximum atomic E-state index is 11.0. The fraction of sp³-hybridized carbons (Fsp3) is 0.143. The molecule has 0 fully saturated rings. The van der Waals surface area contributed by atoms with Gasteiger partial charge in [-0.15, -0.1) is 0 Å². The Hall–Kier alpha value is -1.98. The van der Waals surface area contributed by atoms with E-state index in [2.05, 4.69) is 5.32 Å². The van der Waals surface area contributed by atoms with Gasteiger partial charge in [0.05, 0.1) is 17.1 Å². The quantitative estimate of drug-likeness (QED) is 0.648. The Morgan fingerprint density at radius 1 is 1.19 bits per heavy atom. The number of nitro benzene ring substituents is 1. The molecule has 0 unspecified atom stereocenters. The highest BCUT2D eigenvalue weighted by atomic mass is 35.5. The number of para-hydroxylation sites is 1. The fourth-order valence-corrected chi connectivity index (χ4v) is 2.39. The molecular weight excluding hydrogens is 315 g/mol. The Balaban J connectivity index is 2.31. The zero-order chi connectivity index (χ0) is 15.4. The molecule has 0 aromatic heterocycles. The van der Waals surface area contributed by atoms with Crippen LogP contribution in [-0.2, 0) is 6.54 Å². The third kappa shape index (κ3) is 3.37. The Bertz CT molecular complexity index is 677. The van der Waals surface area contributed by atoms with E-state index in [1.54, 1.807) is 24.3 Å². The van der Waals surface area contributed by atoms with Gasteiger partial charge < -0.3 is 10.1 Å². The van der Waals surface area contributed by atoms with Crippen molar-refractivity contribution in [2.24, 2.45) is 0 Å². The number of nitrogens with one attached hydrogen (secondary N) is 1. The van der Waals surface area contributed by atoms with E-state index >= 15 is 0 Å². The molecule has 2 aromatic carbocycles. The van der Waals surface area contributed by atoms with Crippen molar-refractivity contribution in [3.8, 4) is 5.75 Å². The first kappa shape index (κ1) is 15.4. The molecule has 7 heteroatoms. The Labute approximate surface area is 131 Å². The van der Waals surface area contributed by atoms with Crippen LogP contribution in [0.25, 0.3) is 0 Å². The van der Waals surface area contributed by atoms with Gasteiger partial charge in [-0.3, -0.25) is 10.1 Å². The van der Waals surface area contributed by atoms with Crippen molar-refractivity contribution in [2.75, 3.05) is 12.4 Å². The molecule has 0 aliphatic heterocycles. The molecule has 0 saturated carbocycles. The molecular formula is C14H12Cl2N2O3. The lowest BCUT2D eigenvalue weighted by molar-refractivity contribution is -0.383. The molecule has 0 amide bonds. The number of nitrogens with zero attached hydrogens (tertiary/aromatic N) is 1. The standard InChI is InChI=1S/C14H12Cl2N2O3/c1-21-13-7-3-4-10(15)9(13)8-17-14-11(16)5-2-6-12(14)18(19)20/h2-7,17H,8H2,1H3. The first-order valence-electron chi connectivity index (χ1n) is 6.02. The summed E-state index contributed by atoms with van der Waals surface area (Å²) < 4.78 is 5.23. The number of nitro groups is 1. The maximum Gasteiger partial charge on any atom is 0.293 e. The van der Waals surface area contributed by atoms with Crippen LogP contribution in [-0.4, -0.2) is 12.0 Å². The lowest BCUT2D eigenvalue weighted by Gasteiger charge is -2.13. The summed E-state index contributed by atoms with van der Waals surface area (Å²) in [5.74, 6) is 0.602. The highest BCUT2D eigenvalue weighted by molar-refractivity contribution is 6.33. The number of methoxy groups -OCH3 is 1. The zero-order valence-electron chi connectivity index (χ0n) is 11.1. The second-order valence-corrected chi connectivity index (χ2v) is 4.98. The van der Waals surface area contributed by atoms with Gasteiger partial charge in [-0.25, -0.2) is 0 Å². The van der Waals surface area contributed by atoms with E-state index in [-0.39, 0.29) is 22.9 Å². The molecule has 110 valence electrons. The summed E-state index contributed by atoms with van der Waals surface area (Å²) in [6, 6.07) is 9.76. The minimum Gasteiger partial charge on any atom is -0.496 e. The molecule has 2 aromatic rings. The van der Waals surface area contributed by atoms with Gasteiger partial charge >= 0.3 is 0 Å². The Morgan fingerprint density at radius 3 is 2.52 bits per heavy atom. The van der Waals surface area contributed by atoms with Gasteiger partial charge in [0.15, 0.2) is 0 Å². The highest BCUT2D eigenvalue weighted by Gasteiger charge is 2.17. The summed E-state index contributed by atoms with van der Waals surface area (Å²) in [4.78, 5) is 10.5. The van der Waals surface area contributed by atoms with Crippen molar-refractivity contribution < 1.29 is 9.66 Å². The van der Waals surface area contributed by atoms with Crippen LogP contribution in [0.5, 0.6) is 5.75 Å². The molecule has 2 rings (SSSR count). The number of rotatable bonds is 5. The van der Waals surface area contributed by atoms with Crippen molar-refractivity contribution in [2.45, 2.75) is 6.54 Å². The highest BCUT2D eigenvalue weighted by Crippen LogP contribution is 2.34. The molecule has 0 atom stereocenters. The summed E-state index contributed by atoms with van der Waals surface area (Å²) in [6.45, 7) is 0.257. The van der Waals surface area contributed by atoms with E-state index in [1.807, 2.05) is 0 Å². The average Bonchev–Trinajstić information content (AvgIpc) is 2.46. The number of hydrogen-bond donors (Lipinski definition) is 1. The number of benzene rings is 2. The molecule has 0 bridgehead atoms. The zero-order valence-corrected chi connectivity index (χ0v) is 12.6. The topological polar surface area (TPSA) is 64.4 Å². The van der Waals surface area contributed by atoms with Crippen LogP contribution in [0.2, 0.25) is 10.0 Å². The lowest BCUT2D eigenvalue weighted by Crippen LogP contribution is -2.05. The number of ether oxygens (including phenoxy) is 1. The van der Waals surface area contributed by atoms with Gasteiger partial charge in [0.1, 0.15) is 11.4 Å². The summed E-state index contributed by atoms with van der Waals surface area (Å²) >= 11 is 12.2. The number of halogens is 2. The molecule has 0 spiro atoms. The minimum absolute atomic E-state index is 0.0893. The van der Waals surface area contributed by atoms with Crippen LogP contribution in [0, 0.1) is 10.1 Å². The summed E-state index contributed by atoms with van der Waals surface area (Å²) in [5.41, 5.74) is 0.871. The van der Waals surface area contributed by atoms with Crippen LogP contribution >= 0.6 is 23.2 Å². The maximum absolute atomic E-state index is 11.0. The third-order valence-corrected chi connectivity index (χ3v) is 3.60. The van der Waals surface area contributed by atoms with Crippen LogP contribution in [0.4, 0.5) is 11.4 Å².